The second-order valence-corrected chi connectivity index (χ2v) is 4.62. The standard InChI is InChI=1S/C14H17ClN2O/c1-9-11(8-16-2)7-13(17-9)10-4-5-14(18-3)12(15)6-10/h4-7,16-17H,8H2,1-3H3. The Morgan fingerprint density at radius 2 is 2.11 bits per heavy atom. The number of ether oxygens (including phenoxy) is 1. The largest absolute Gasteiger partial charge is 0.495 e. The number of halogens is 1. The fourth-order valence-corrected chi connectivity index (χ4v) is 2.22. The Hall–Kier alpha value is -1.45. The highest BCUT2D eigenvalue weighted by atomic mass is 35.5. The molecule has 18 heavy (non-hydrogen) atoms. The van der Waals surface area contributed by atoms with Gasteiger partial charge in [0.15, 0.2) is 0 Å². The molecule has 1 heterocycles. The minimum Gasteiger partial charge on any atom is -0.495 e. The lowest BCUT2D eigenvalue weighted by atomic mass is 10.1. The first-order valence-corrected chi connectivity index (χ1v) is 6.20. The van der Waals surface area contributed by atoms with E-state index in [1.165, 1.54) is 11.3 Å². The molecule has 0 aliphatic rings. The number of aryl methyl sites for hydroxylation is 1. The zero-order chi connectivity index (χ0) is 13.1. The zero-order valence-corrected chi connectivity index (χ0v) is 11.6. The fourth-order valence-electron chi connectivity index (χ4n) is 1.96. The van der Waals surface area contributed by atoms with Gasteiger partial charge in [-0.25, -0.2) is 0 Å². The van der Waals surface area contributed by atoms with E-state index >= 15 is 0 Å². The van der Waals surface area contributed by atoms with E-state index in [-0.39, 0.29) is 0 Å². The van der Waals surface area contributed by atoms with Crippen LogP contribution in [0.1, 0.15) is 11.3 Å². The van der Waals surface area contributed by atoms with Crippen molar-refractivity contribution in [3.8, 4) is 17.0 Å². The van der Waals surface area contributed by atoms with Gasteiger partial charge in [-0.05, 0) is 49.4 Å². The van der Waals surface area contributed by atoms with Crippen molar-refractivity contribution in [1.82, 2.24) is 10.3 Å². The maximum Gasteiger partial charge on any atom is 0.137 e. The van der Waals surface area contributed by atoms with Crippen molar-refractivity contribution in [2.45, 2.75) is 13.5 Å². The van der Waals surface area contributed by atoms with Gasteiger partial charge in [0, 0.05) is 17.9 Å². The summed E-state index contributed by atoms with van der Waals surface area (Å²) in [5, 5.41) is 3.78. The van der Waals surface area contributed by atoms with Crippen molar-refractivity contribution in [2.24, 2.45) is 0 Å². The predicted molar refractivity (Wildman–Crippen MR) is 75.3 cm³/mol. The molecule has 0 amide bonds. The monoisotopic (exact) mass is 264 g/mol. The van der Waals surface area contributed by atoms with E-state index in [4.69, 9.17) is 16.3 Å². The lowest BCUT2D eigenvalue weighted by molar-refractivity contribution is 0.415. The van der Waals surface area contributed by atoms with Crippen LogP contribution in [0.5, 0.6) is 5.75 Å². The van der Waals surface area contributed by atoms with Gasteiger partial charge in [0.1, 0.15) is 5.75 Å². The van der Waals surface area contributed by atoms with Crippen LogP contribution in [0.2, 0.25) is 5.02 Å². The van der Waals surface area contributed by atoms with E-state index in [9.17, 15) is 0 Å². The highest BCUT2D eigenvalue weighted by Gasteiger charge is 2.08. The summed E-state index contributed by atoms with van der Waals surface area (Å²) in [7, 11) is 3.56. The summed E-state index contributed by atoms with van der Waals surface area (Å²) in [5.74, 6) is 0.694. The van der Waals surface area contributed by atoms with E-state index in [0.29, 0.717) is 10.8 Å². The average Bonchev–Trinajstić information content (AvgIpc) is 2.71. The molecule has 0 bridgehead atoms. The number of aromatic amines is 1. The van der Waals surface area contributed by atoms with E-state index in [1.54, 1.807) is 7.11 Å². The fraction of sp³-hybridized carbons (Fsp3) is 0.286. The van der Waals surface area contributed by atoms with Crippen LogP contribution >= 0.6 is 11.6 Å². The molecule has 2 aromatic rings. The molecular weight excluding hydrogens is 248 g/mol. The first kappa shape index (κ1) is 13.0. The van der Waals surface area contributed by atoms with Crippen molar-refractivity contribution in [1.29, 1.82) is 0 Å². The summed E-state index contributed by atoms with van der Waals surface area (Å²) in [6, 6.07) is 7.93. The van der Waals surface area contributed by atoms with Crippen molar-refractivity contribution < 1.29 is 4.74 Å². The maximum atomic E-state index is 6.14. The zero-order valence-electron chi connectivity index (χ0n) is 10.8. The Kier molecular flexibility index (Phi) is 3.94. The second kappa shape index (κ2) is 5.46. The third-order valence-corrected chi connectivity index (χ3v) is 3.25. The molecule has 1 aromatic heterocycles. The topological polar surface area (TPSA) is 37.0 Å². The number of benzene rings is 1. The van der Waals surface area contributed by atoms with E-state index in [2.05, 4.69) is 23.3 Å². The number of hydrogen-bond donors (Lipinski definition) is 2. The maximum absolute atomic E-state index is 6.14. The van der Waals surface area contributed by atoms with Gasteiger partial charge in [-0.15, -0.1) is 0 Å². The third kappa shape index (κ3) is 2.52. The highest BCUT2D eigenvalue weighted by molar-refractivity contribution is 6.32. The van der Waals surface area contributed by atoms with Crippen LogP contribution in [0.4, 0.5) is 0 Å². The second-order valence-electron chi connectivity index (χ2n) is 4.21. The molecule has 96 valence electrons. The predicted octanol–water partition coefficient (Wildman–Crippen LogP) is 3.37. The molecule has 0 aliphatic heterocycles. The summed E-state index contributed by atoms with van der Waals surface area (Å²) in [6.07, 6.45) is 0. The first-order chi connectivity index (χ1) is 8.65. The minimum absolute atomic E-state index is 0.623. The Morgan fingerprint density at radius 3 is 2.72 bits per heavy atom. The lowest BCUT2D eigenvalue weighted by Gasteiger charge is -2.04. The Balaban J connectivity index is 2.36. The molecule has 0 unspecified atom stereocenters. The van der Waals surface area contributed by atoms with Gasteiger partial charge in [-0.3, -0.25) is 0 Å². The normalized spacial score (nSPS) is 10.7. The molecule has 0 saturated heterocycles. The molecule has 3 nitrogen and oxygen atoms in total. The van der Waals surface area contributed by atoms with Crippen LogP contribution in [-0.2, 0) is 6.54 Å². The number of rotatable bonds is 4. The molecule has 4 heteroatoms. The molecule has 0 saturated carbocycles. The van der Waals surface area contributed by atoms with Crippen molar-refractivity contribution in [3.05, 3.63) is 40.5 Å². The molecule has 2 rings (SSSR count). The number of aromatic nitrogens is 1. The Bertz CT molecular complexity index is 549. The molecule has 2 N–H and O–H groups in total. The smallest absolute Gasteiger partial charge is 0.137 e. The lowest BCUT2D eigenvalue weighted by Crippen LogP contribution is -2.04. The van der Waals surface area contributed by atoms with E-state index < -0.39 is 0 Å². The van der Waals surface area contributed by atoms with Crippen LogP contribution in [-0.4, -0.2) is 19.1 Å². The molecule has 0 spiro atoms. The number of methoxy groups -OCH3 is 1. The molecular formula is C14H17ClN2O. The summed E-state index contributed by atoms with van der Waals surface area (Å²) < 4.78 is 5.15. The number of hydrogen-bond acceptors (Lipinski definition) is 2. The van der Waals surface area contributed by atoms with Crippen molar-refractivity contribution >= 4 is 11.6 Å². The Labute approximate surface area is 112 Å². The highest BCUT2D eigenvalue weighted by Crippen LogP contribution is 2.30. The molecule has 0 radical (unpaired) electrons. The summed E-state index contributed by atoms with van der Waals surface area (Å²) in [4.78, 5) is 3.37. The van der Waals surface area contributed by atoms with Crippen LogP contribution in [0.15, 0.2) is 24.3 Å². The van der Waals surface area contributed by atoms with Crippen molar-refractivity contribution in [3.63, 3.8) is 0 Å². The van der Waals surface area contributed by atoms with Gasteiger partial charge >= 0.3 is 0 Å². The van der Waals surface area contributed by atoms with Crippen molar-refractivity contribution in [2.75, 3.05) is 14.2 Å². The van der Waals surface area contributed by atoms with Gasteiger partial charge in [0.2, 0.25) is 0 Å². The molecule has 1 aromatic carbocycles. The minimum atomic E-state index is 0.623. The molecule has 0 atom stereocenters. The van der Waals surface area contributed by atoms with Crippen LogP contribution in [0.3, 0.4) is 0 Å². The number of H-pyrrole nitrogens is 1. The van der Waals surface area contributed by atoms with Gasteiger partial charge in [-0.2, -0.15) is 0 Å². The summed E-state index contributed by atoms with van der Waals surface area (Å²) in [5.41, 5.74) is 4.57. The average molecular weight is 265 g/mol. The summed E-state index contributed by atoms with van der Waals surface area (Å²) in [6.45, 7) is 2.92. The first-order valence-electron chi connectivity index (χ1n) is 5.82. The molecule has 0 aliphatic carbocycles. The van der Waals surface area contributed by atoms with Gasteiger partial charge < -0.3 is 15.0 Å². The van der Waals surface area contributed by atoms with Gasteiger partial charge in [0.05, 0.1) is 12.1 Å². The Morgan fingerprint density at radius 1 is 1.33 bits per heavy atom. The number of nitrogens with one attached hydrogen (secondary N) is 2. The van der Waals surface area contributed by atoms with Gasteiger partial charge in [0.25, 0.3) is 0 Å². The third-order valence-electron chi connectivity index (χ3n) is 2.95. The quantitative estimate of drug-likeness (QED) is 0.888. The van der Waals surface area contributed by atoms with Crippen LogP contribution in [0.25, 0.3) is 11.3 Å². The van der Waals surface area contributed by atoms with Gasteiger partial charge in [-0.1, -0.05) is 11.6 Å². The van der Waals surface area contributed by atoms with E-state index in [0.717, 1.165) is 17.8 Å². The summed E-state index contributed by atoms with van der Waals surface area (Å²) >= 11 is 6.14. The van der Waals surface area contributed by atoms with E-state index in [1.807, 2.05) is 25.2 Å². The SMILES string of the molecule is CNCc1cc(-c2ccc(OC)c(Cl)c2)[nH]c1C. The van der Waals surface area contributed by atoms with Crippen LogP contribution in [0, 0.1) is 6.92 Å². The van der Waals surface area contributed by atoms with Crippen LogP contribution < -0.4 is 10.1 Å². The molecule has 0 fully saturated rings.